The predicted molar refractivity (Wildman–Crippen MR) is 92.2 cm³/mol. The fourth-order valence-corrected chi connectivity index (χ4v) is 3.04. The van der Waals surface area contributed by atoms with Gasteiger partial charge >= 0.3 is 5.97 Å². The van der Waals surface area contributed by atoms with Crippen LogP contribution >= 0.6 is 11.3 Å². The lowest BCUT2D eigenvalue weighted by atomic mass is 10.0. The van der Waals surface area contributed by atoms with Crippen molar-refractivity contribution in [1.82, 2.24) is 0 Å². The molecule has 0 radical (unpaired) electrons. The smallest absolute Gasteiger partial charge is 0.368 e. The van der Waals surface area contributed by atoms with E-state index in [0.717, 1.165) is 21.2 Å². The van der Waals surface area contributed by atoms with Crippen LogP contribution in [-0.2, 0) is 9.63 Å². The lowest BCUT2D eigenvalue weighted by Gasteiger charge is -2.06. The van der Waals surface area contributed by atoms with E-state index in [9.17, 15) is 4.79 Å². The number of nitrogens with zero attached hydrogens (tertiary/aromatic N) is 2. The summed E-state index contributed by atoms with van der Waals surface area (Å²) < 4.78 is 5.14. The highest BCUT2D eigenvalue weighted by molar-refractivity contribution is 7.17. The first-order chi connectivity index (χ1) is 11.1. The van der Waals surface area contributed by atoms with Crippen molar-refractivity contribution in [3.8, 4) is 5.75 Å². The first kappa shape index (κ1) is 15.3. The molecule has 0 aliphatic carbocycles. The van der Waals surface area contributed by atoms with Crippen LogP contribution in [0.15, 0.2) is 47.1 Å². The molecule has 3 rings (SSSR count). The highest BCUT2D eigenvalue weighted by atomic mass is 32.1. The Balaban J connectivity index is 1.93. The van der Waals surface area contributed by atoms with Gasteiger partial charge in [-0.25, -0.2) is 4.79 Å². The Hall–Kier alpha value is -2.60. The maximum atomic E-state index is 12.0. The van der Waals surface area contributed by atoms with Crippen LogP contribution in [-0.4, -0.2) is 32.9 Å². The lowest BCUT2D eigenvalue weighted by Crippen LogP contribution is -2.06. The van der Waals surface area contributed by atoms with E-state index in [1.165, 1.54) is 0 Å². The highest BCUT2D eigenvalue weighted by Crippen LogP contribution is 2.28. The molecule has 2 aromatic rings. The fourth-order valence-electron chi connectivity index (χ4n) is 2.17. The van der Waals surface area contributed by atoms with Crippen LogP contribution in [0.2, 0.25) is 0 Å². The molecule has 0 N–H and O–H groups in total. The molecule has 0 unspecified atom stereocenters. The van der Waals surface area contributed by atoms with E-state index in [1.54, 1.807) is 18.4 Å². The largest absolute Gasteiger partial charge is 0.497 e. The zero-order valence-corrected chi connectivity index (χ0v) is 13.9. The number of ether oxygens (including phenoxy) is 1. The predicted octanol–water partition coefficient (Wildman–Crippen LogP) is 3.17. The molecule has 1 aromatic heterocycles. The normalized spacial score (nSPS) is 15.5. The van der Waals surface area contributed by atoms with Crippen molar-refractivity contribution in [3.63, 3.8) is 0 Å². The van der Waals surface area contributed by atoms with Gasteiger partial charge in [-0.15, -0.1) is 11.3 Å². The van der Waals surface area contributed by atoms with Gasteiger partial charge in [0.15, 0.2) is 0 Å². The van der Waals surface area contributed by atoms with Crippen LogP contribution in [0.1, 0.15) is 10.4 Å². The van der Waals surface area contributed by atoms with Gasteiger partial charge in [0.05, 0.1) is 17.7 Å². The number of hydrogen-bond donors (Lipinski definition) is 0. The van der Waals surface area contributed by atoms with Gasteiger partial charge in [-0.3, -0.25) is 0 Å². The third kappa shape index (κ3) is 3.12. The third-order valence-corrected chi connectivity index (χ3v) is 4.60. The molecule has 0 saturated heterocycles. The fraction of sp³-hybridized carbons (Fsp3) is 0.176. The Labute approximate surface area is 138 Å². The van der Waals surface area contributed by atoms with E-state index in [2.05, 4.69) is 5.16 Å². The monoisotopic (exact) mass is 328 g/mol. The Kier molecular flexibility index (Phi) is 4.16. The summed E-state index contributed by atoms with van der Waals surface area (Å²) in [5.74, 6) is 0.314. The minimum absolute atomic E-state index is 0.435. The van der Waals surface area contributed by atoms with Crippen LogP contribution in [0.5, 0.6) is 5.75 Å². The number of hydrogen-bond acceptors (Lipinski definition) is 6. The number of oxime groups is 1. The van der Waals surface area contributed by atoms with Gasteiger partial charge in [0.25, 0.3) is 0 Å². The van der Waals surface area contributed by atoms with E-state index in [0.29, 0.717) is 11.3 Å². The molecule has 1 aliphatic heterocycles. The summed E-state index contributed by atoms with van der Waals surface area (Å²) in [5.41, 5.74) is 1.81. The van der Waals surface area contributed by atoms with E-state index < -0.39 is 5.97 Å². The quantitative estimate of drug-likeness (QED) is 0.639. The summed E-state index contributed by atoms with van der Waals surface area (Å²) in [6.07, 6.45) is 1.82. The molecule has 1 aliphatic rings. The zero-order chi connectivity index (χ0) is 16.4. The maximum absolute atomic E-state index is 12.0. The Morgan fingerprint density at radius 3 is 2.52 bits per heavy atom. The summed E-state index contributed by atoms with van der Waals surface area (Å²) in [6, 6.07) is 11.4. The Morgan fingerprint density at radius 1 is 1.17 bits per heavy atom. The van der Waals surface area contributed by atoms with E-state index in [-0.39, 0.29) is 0 Å². The van der Waals surface area contributed by atoms with Crippen molar-refractivity contribution in [3.05, 3.63) is 52.4 Å². The van der Waals surface area contributed by atoms with Crippen LogP contribution < -0.4 is 9.64 Å². The molecule has 0 fully saturated rings. The summed E-state index contributed by atoms with van der Waals surface area (Å²) in [4.78, 5) is 19.9. The second-order valence-corrected chi connectivity index (χ2v) is 6.27. The van der Waals surface area contributed by atoms with Crippen molar-refractivity contribution in [2.75, 3.05) is 26.1 Å². The standard InChI is InChI=1S/C17H16N2O3S/c1-19(2)15-9-8-13(23-15)10-14-16(18-22-17(14)20)11-4-6-12(21-3)7-5-11/h4-10H,1-3H3. The van der Waals surface area contributed by atoms with Gasteiger partial charge in [-0.05, 0) is 42.5 Å². The molecule has 0 atom stereocenters. The van der Waals surface area contributed by atoms with E-state index in [1.807, 2.05) is 61.5 Å². The topological polar surface area (TPSA) is 51.1 Å². The van der Waals surface area contributed by atoms with Crippen LogP contribution in [0, 0.1) is 0 Å². The van der Waals surface area contributed by atoms with Crippen molar-refractivity contribution in [1.29, 1.82) is 0 Å². The summed E-state index contributed by atoms with van der Waals surface area (Å²) in [7, 11) is 5.58. The van der Waals surface area contributed by atoms with Crippen LogP contribution in [0.4, 0.5) is 5.00 Å². The molecule has 1 aromatic carbocycles. The summed E-state index contributed by atoms with van der Waals surface area (Å²) >= 11 is 1.60. The Morgan fingerprint density at radius 2 is 1.91 bits per heavy atom. The lowest BCUT2D eigenvalue weighted by molar-refractivity contribution is -0.136. The number of thiophene rings is 1. The average Bonchev–Trinajstić information content (AvgIpc) is 3.16. The van der Waals surface area contributed by atoms with E-state index in [4.69, 9.17) is 9.57 Å². The number of carbonyl (C=O) groups is 1. The molecule has 0 saturated carbocycles. The minimum Gasteiger partial charge on any atom is -0.497 e. The van der Waals surface area contributed by atoms with Gasteiger partial charge < -0.3 is 14.5 Å². The SMILES string of the molecule is COc1ccc(C2=NOC(=O)C2=Cc2ccc(N(C)C)s2)cc1. The second kappa shape index (κ2) is 6.26. The highest BCUT2D eigenvalue weighted by Gasteiger charge is 2.27. The molecule has 0 amide bonds. The Bertz CT molecular complexity index is 788. The molecular formula is C17H16N2O3S. The van der Waals surface area contributed by atoms with Gasteiger partial charge in [-0.2, -0.15) is 0 Å². The van der Waals surface area contributed by atoms with Crippen molar-refractivity contribution >= 4 is 34.1 Å². The molecule has 118 valence electrons. The minimum atomic E-state index is -0.435. The number of benzene rings is 1. The number of methoxy groups -OCH3 is 1. The summed E-state index contributed by atoms with van der Waals surface area (Å²) in [6.45, 7) is 0. The van der Waals surface area contributed by atoms with Gasteiger partial charge in [0, 0.05) is 24.5 Å². The first-order valence-corrected chi connectivity index (χ1v) is 7.83. The van der Waals surface area contributed by atoms with Crippen molar-refractivity contribution < 1.29 is 14.4 Å². The van der Waals surface area contributed by atoms with Crippen LogP contribution in [0.3, 0.4) is 0 Å². The third-order valence-electron chi connectivity index (χ3n) is 3.40. The average molecular weight is 328 g/mol. The molecule has 5 nitrogen and oxygen atoms in total. The van der Waals surface area contributed by atoms with Gasteiger partial charge in [0.1, 0.15) is 11.5 Å². The molecule has 6 heteroatoms. The second-order valence-electron chi connectivity index (χ2n) is 5.18. The molecular weight excluding hydrogens is 312 g/mol. The zero-order valence-electron chi connectivity index (χ0n) is 13.1. The van der Waals surface area contributed by atoms with Gasteiger partial charge in [0.2, 0.25) is 0 Å². The van der Waals surface area contributed by atoms with Crippen LogP contribution in [0.25, 0.3) is 6.08 Å². The first-order valence-electron chi connectivity index (χ1n) is 7.01. The van der Waals surface area contributed by atoms with Crippen molar-refractivity contribution in [2.45, 2.75) is 0 Å². The molecule has 23 heavy (non-hydrogen) atoms. The summed E-state index contributed by atoms with van der Waals surface area (Å²) in [5, 5.41) is 5.03. The maximum Gasteiger partial charge on any atom is 0.368 e. The van der Waals surface area contributed by atoms with E-state index >= 15 is 0 Å². The van der Waals surface area contributed by atoms with Crippen molar-refractivity contribution in [2.24, 2.45) is 5.16 Å². The number of anilines is 1. The molecule has 0 bridgehead atoms. The molecule has 2 heterocycles. The molecule has 0 spiro atoms. The van der Waals surface area contributed by atoms with Gasteiger partial charge in [-0.1, -0.05) is 5.16 Å². The number of rotatable bonds is 4. The number of carbonyl (C=O) groups excluding carboxylic acids is 1.